The lowest BCUT2D eigenvalue weighted by molar-refractivity contribution is -0.122. The van der Waals surface area contributed by atoms with Gasteiger partial charge in [0.1, 0.15) is 5.52 Å². The summed E-state index contributed by atoms with van der Waals surface area (Å²) in [6, 6.07) is 18.1. The van der Waals surface area contributed by atoms with Crippen LogP contribution in [0.3, 0.4) is 0 Å². The van der Waals surface area contributed by atoms with Crippen LogP contribution in [0.4, 0.5) is 0 Å². The van der Waals surface area contributed by atoms with E-state index in [0.717, 1.165) is 36.0 Å². The fourth-order valence-corrected chi connectivity index (χ4v) is 4.68. The van der Waals surface area contributed by atoms with Crippen molar-refractivity contribution in [3.05, 3.63) is 77.6 Å². The third kappa shape index (κ3) is 4.15. The lowest BCUT2D eigenvalue weighted by atomic mass is 9.74. The largest absolute Gasteiger partial charge is 0.349 e. The highest BCUT2D eigenvalue weighted by Crippen LogP contribution is 2.40. The van der Waals surface area contributed by atoms with Crippen LogP contribution in [0.15, 0.2) is 60.8 Å². The van der Waals surface area contributed by atoms with Gasteiger partial charge in [-0.1, -0.05) is 61.5 Å². The molecule has 0 unspecified atom stereocenters. The molecule has 0 fully saturated rings. The molecule has 2 aromatic heterocycles. The van der Waals surface area contributed by atoms with Gasteiger partial charge in [-0.2, -0.15) is 5.10 Å². The van der Waals surface area contributed by atoms with Gasteiger partial charge in [-0.3, -0.25) is 9.48 Å². The van der Waals surface area contributed by atoms with Gasteiger partial charge in [0.2, 0.25) is 5.91 Å². The number of nitrogens with zero attached hydrogens (tertiary/aromatic N) is 5. The number of carbonyl (C=O) groups excluding carboxylic acids is 1. The molecule has 2 heterocycles. The van der Waals surface area contributed by atoms with Crippen LogP contribution in [0.25, 0.3) is 11.0 Å². The Hall–Kier alpha value is -3.48. The first kappa shape index (κ1) is 20.4. The van der Waals surface area contributed by atoms with Crippen molar-refractivity contribution >= 4 is 16.9 Å². The van der Waals surface area contributed by atoms with Crippen LogP contribution in [0.5, 0.6) is 0 Å². The highest BCUT2D eigenvalue weighted by atomic mass is 16.1. The van der Waals surface area contributed by atoms with E-state index in [0.29, 0.717) is 13.0 Å². The molecule has 7 nitrogen and oxygen atoms in total. The Kier molecular flexibility index (Phi) is 5.25. The number of rotatable bonds is 6. The van der Waals surface area contributed by atoms with Crippen LogP contribution in [0.2, 0.25) is 0 Å². The molecule has 164 valence electrons. The van der Waals surface area contributed by atoms with E-state index in [1.807, 2.05) is 36.5 Å². The molecule has 0 saturated carbocycles. The van der Waals surface area contributed by atoms with E-state index in [9.17, 15) is 4.79 Å². The summed E-state index contributed by atoms with van der Waals surface area (Å²) < 4.78 is 3.88. The Labute approximate surface area is 187 Å². The minimum atomic E-state index is -0.0294. The third-order valence-electron chi connectivity index (χ3n) is 6.24. The topological polar surface area (TPSA) is 77.6 Å². The lowest BCUT2D eigenvalue weighted by Crippen LogP contribution is -2.37. The summed E-state index contributed by atoms with van der Waals surface area (Å²) in [7, 11) is 0. The van der Waals surface area contributed by atoms with Crippen LogP contribution in [-0.4, -0.2) is 30.7 Å². The molecule has 7 heteroatoms. The van der Waals surface area contributed by atoms with E-state index in [2.05, 4.69) is 63.5 Å². The second-order valence-corrected chi connectivity index (χ2v) is 9.41. The van der Waals surface area contributed by atoms with E-state index in [4.69, 9.17) is 0 Å². The van der Waals surface area contributed by atoms with Gasteiger partial charge in [-0.15, -0.1) is 5.10 Å². The Morgan fingerprint density at radius 3 is 2.72 bits per heavy atom. The van der Waals surface area contributed by atoms with E-state index in [1.54, 1.807) is 4.68 Å². The predicted octanol–water partition coefficient (Wildman–Crippen LogP) is 3.90. The Morgan fingerprint density at radius 2 is 1.88 bits per heavy atom. The van der Waals surface area contributed by atoms with Crippen molar-refractivity contribution in [2.45, 2.75) is 52.2 Å². The summed E-state index contributed by atoms with van der Waals surface area (Å²) in [6.45, 7) is 5.77. The molecule has 1 N–H and O–H groups in total. The number of carbonyl (C=O) groups is 1. The Bertz CT molecular complexity index is 1240. The Morgan fingerprint density at radius 1 is 1.09 bits per heavy atom. The van der Waals surface area contributed by atoms with E-state index in [1.165, 1.54) is 11.3 Å². The number of para-hydroxylation sites is 1. The van der Waals surface area contributed by atoms with Crippen molar-refractivity contribution in [2.75, 3.05) is 0 Å². The summed E-state index contributed by atoms with van der Waals surface area (Å²) in [5.41, 5.74) is 5.46. The van der Waals surface area contributed by atoms with Crippen molar-refractivity contribution in [3.63, 3.8) is 0 Å². The fourth-order valence-electron chi connectivity index (χ4n) is 4.68. The van der Waals surface area contributed by atoms with Crippen molar-refractivity contribution in [1.82, 2.24) is 30.1 Å². The number of amides is 1. The second kappa shape index (κ2) is 8.22. The number of aryl methyl sites for hydroxylation is 1. The van der Waals surface area contributed by atoms with Gasteiger partial charge < -0.3 is 5.32 Å². The van der Waals surface area contributed by atoms with Crippen LogP contribution < -0.4 is 5.32 Å². The molecule has 0 aliphatic heterocycles. The molecule has 0 bridgehead atoms. The number of nitrogens with one attached hydrogen (secondary N) is 1. The van der Waals surface area contributed by atoms with Crippen LogP contribution >= 0.6 is 0 Å². The molecule has 0 saturated heterocycles. The second-order valence-electron chi connectivity index (χ2n) is 9.41. The molecule has 4 aromatic rings. The lowest BCUT2D eigenvalue weighted by Gasteiger charge is -2.36. The number of fused-ring (bicyclic) bond motifs is 2. The maximum Gasteiger partial charge on any atom is 0.222 e. The summed E-state index contributed by atoms with van der Waals surface area (Å²) >= 11 is 0. The highest BCUT2D eigenvalue weighted by molar-refractivity contribution is 5.77. The molecular formula is C25H28N6O. The predicted molar refractivity (Wildman–Crippen MR) is 123 cm³/mol. The minimum absolute atomic E-state index is 0.0223. The van der Waals surface area contributed by atoms with Crippen LogP contribution in [0.1, 0.15) is 49.6 Å². The molecule has 5 rings (SSSR count). The van der Waals surface area contributed by atoms with Gasteiger partial charge >= 0.3 is 0 Å². The van der Waals surface area contributed by atoms with Crippen molar-refractivity contribution < 1.29 is 4.79 Å². The van der Waals surface area contributed by atoms with Crippen molar-refractivity contribution in [1.29, 1.82) is 0 Å². The number of hydrogen-bond donors (Lipinski definition) is 1. The normalized spacial score (nSPS) is 17.2. The van der Waals surface area contributed by atoms with Gasteiger partial charge in [-0.05, 0) is 36.0 Å². The third-order valence-corrected chi connectivity index (χ3v) is 6.24. The molecule has 32 heavy (non-hydrogen) atoms. The average molecular weight is 429 g/mol. The molecule has 0 spiro atoms. The summed E-state index contributed by atoms with van der Waals surface area (Å²) in [6.07, 6.45) is 4.14. The zero-order chi connectivity index (χ0) is 22.1. The maximum atomic E-state index is 12.9. The van der Waals surface area contributed by atoms with Gasteiger partial charge in [0.15, 0.2) is 0 Å². The number of aromatic nitrogens is 5. The number of benzene rings is 2. The Balaban J connectivity index is 1.30. The zero-order valence-corrected chi connectivity index (χ0v) is 18.5. The monoisotopic (exact) mass is 428 g/mol. The smallest absolute Gasteiger partial charge is 0.222 e. The highest BCUT2D eigenvalue weighted by Gasteiger charge is 2.35. The summed E-state index contributed by atoms with van der Waals surface area (Å²) in [5.74, 6) is 0.0223. The minimum Gasteiger partial charge on any atom is -0.349 e. The first-order valence-corrected chi connectivity index (χ1v) is 11.1. The van der Waals surface area contributed by atoms with Gasteiger partial charge in [0, 0.05) is 17.7 Å². The van der Waals surface area contributed by atoms with Crippen molar-refractivity contribution in [3.8, 4) is 0 Å². The first-order valence-electron chi connectivity index (χ1n) is 11.1. The van der Waals surface area contributed by atoms with Crippen LogP contribution in [0, 0.1) is 5.41 Å². The van der Waals surface area contributed by atoms with Gasteiger partial charge in [0.05, 0.1) is 30.8 Å². The molecular weight excluding hydrogens is 400 g/mol. The molecule has 1 atom stereocenters. The van der Waals surface area contributed by atoms with Gasteiger partial charge in [-0.25, -0.2) is 4.68 Å². The molecule has 0 radical (unpaired) electrons. The van der Waals surface area contributed by atoms with E-state index in [-0.39, 0.29) is 17.4 Å². The molecule has 1 aliphatic rings. The summed E-state index contributed by atoms with van der Waals surface area (Å²) in [5, 5.41) is 16.3. The van der Waals surface area contributed by atoms with E-state index >= 15 is 0 Å². The molecule has 2 aromatic carbocycles. The maximum absolute atomic E-state index is 12.9. The standard InChI is InChI=1S/C25H28N6O/c1-25(2)14-21(19-16-26-31(23(19)15-25)17-18-8-4-3-5-9-18)27-24(32)12-13-30-22-11-7-6-10-20(22)28-29-30/h3-11,16,21H,12-15,17H2,1-2H3,(H,27,32)/t21-/m1/s1. The van der Waals surface area contributed by atoms with Crippen LogP contribution in [-0.2, 0) is 24.3 Å². The molecule has 1 aliphatic carbocycles. The SMILES string of the molecule is CC1(C)Cc2c(cnn2Cc2ccccc2)[C@H](NC(=O)CCn2nnc3ccccc32)C1. The fraction of sp³-hybridized carbons (Fsp3) is 0.360. The first-order chi connectivity index (χ1) is 15.5. The zero-order valence-electron chi connectivity index (χ0n) is 18.5. The summed E-state index contributed by atoms with van der Waals surface area (Å²) in [4.78, 5) is 12.9. The quantitative estimate of drug-likeness (QED) is 0.505. The van der Waals surface area contributed by atoms with Crippen molar-refractivity contribution in [2.24, 2.45) is 5.41 Å². The van der Waals surface area contributed by atoms with E-state index < -0.39 is 0 Å². The number of hydrogen-bond acceptors (Lipinski definition) is 4. The average Bonchev–Trinajstić information content (AvgIpc) is 3.36. The van der Waals surface area contributed by atoms with Gasteiger partial charge in [0.25, 0.3) is 0 Å². The molecule has 1 amide bonds.